The highest BCUT2D eigenvalue weighted by Crippen LogP contribution is 2.34. The molecule has 2 heterocycles. The maximum absolute atomic E-state index is 13.6. The lowest BCUT2D eigenvalue weighted by Crippen LogP contribution is -2.69. The summed E-state index contributed by atoms with van der Waals surface area (Å²) in [6, 6.07) is 13.8. The van der Waals surface area contributed by atoms with Gasteiger partial charge < -0.3 is 53.1 Å². The first-order chi connectivity index (χ1) is 25.6. The van der Waals surface area contributed by atoms with E-state index in [1.807, 2.05) is 0 Å². The Bertz CT molecular complexity index is 1650. The lowest BCUT2D eigenvalue weighted by atomic mass is 9.94. The van der Waals surface area contributed by atoms with Crippen molar-refractivity contribution in [1.82, 2.24) is 5.32 Å². The van der Waals surface area contributed by atoms with Crippen LogP contribution in [0.3, 0.4) is 0 Å². The average Bonchev–Trinajstić information content (AvgIpc) is 3.11. The van der Waals surface area contributed by atoms with E-state index in [9.17, 15) is 38.7 Å². The summed E-state index contributed by atoms with van der Waals surface area (Å²) >= 11 is 0. The first kappa shape index (κ1) is 41.3. The lowest BCUT2D eigenvalue weighted by molar-refractivity contribution is -0.340. The third-order valence-electron chi connectivity index (χ3n) is 7.93. The van der Waals surface area contributed by atoms with Crippen LogP contribution in [0.4, 0.5) is 0 Å². The van der Waals surface area contributed by atoms with Gasteiger partial charge in [0.15, 0.2) is 37.0 Å². The smallest absolute Gasteiger partial charge is 0.338 e. The zero-order valence-electron chi connectivity index (χ0n) is 29.9. The van der Waals surface area contributed by atoms with Crippen LogP contribution >= 0.6 is 0 Å². The van der Waals surface area contributed by atoms with Crippen molar-refractivity contribution in [2.45, 2.75) is 96.0 Å². The van der Waals surface area contributed by atoms with Crippen molar-refractivity contribution in [3.63, 3.8) is 0 Å². The van der Waals surface area contributed by atoms with Crippen molar-refractivity contribution in [3.05, 3.63) is 71.8 Å². The summed E-state index contributed by atoms with van der Waals surface area (Å²) in [6.45, 7) is 4.26. The molecule has 18 heteroatoms. The van der Waals surface area contributed by atoms with Crippen LogP contribution in [-0.4, -0.2) is 121 Å². The number of benzene rings is 2. The Labute approximate surface area is 309 Å². The third-order valence-corrected chi connectivity index (χ3v) is 7.93. The predicted molar refractivity (Wildman–Crippen MR) is 178 cm³/mol. The predicted octanol–water partition coefficient (Wildman–Crippen LogP) is 0.759. The van der Waals surface area contributed by atoms with Gasteiger partial charge in [-0.3, -0.25) is 24.0 Å². The van der Waals surface area contributed by atoms with Crippen LogP contribution in [0.15, 0.2) is 60.7 Å². The third kappa shape index (κ3) is 11.3. The van der Waals surface area contributed by atoms with E-state index in [4.69, 9.17) is 42.6 Å². The largest absolute Gasteiger partial charge is 0.463 e. The highest BCUT2D eigenvalue weighted by molar-refractivity contribution is 5.90. The number of ether oxygens (including phenoxy) is 9. The number of hydrogen-bond acceptors (Lipinski definition) is 17. The molecule has 10 atom stereocenters. The number of aliphatic hydroxyl groups excluding tert-OH is 1. The highest BCUT2D eigenvalue weighted by atomic mass is 16.7. The van der Waals surface area contributed by atoms with E-state index >= 15 is 0 Å². The summed E-state index contributed by atoms with van der Waals surface area (Å²) in [5.41, 5.74) is 0.111. The molecule has 2 aliphatic heterocycles. The molecule has 1 amide bonds. The topological polar surface area (TPSA) is 235 Å². The van der Waals surface area contributed by atoms with Crippen LogP contribution in [0.1, 0.15) is 55.3 Å². The minimum absolute atomic E-state index is 0.0486. The van der Waals surface area contributed by atoms with Crippen molar-refractivity contribution in [3.8, 4) is 0 Å². The molecule has 292 valence electrons. The summed E-state index contributed by atoms with van der Waals surface area (Å²) in [6.07, 6.45) is -14.9. The number of nitrogens with one attached hydrogen (secondary N) is 1. The SMILES string of the molecule is CC(=O)N[C@H]1[C@H](O[C@H]2[C@H](OC(=O)c3ccccc3)[C@@H](OC(=O)c3ccccc3)[C@H](O)O[C@@H]2COC(C)=O)O[C@H](COC(C)=O)[C@H](OC(C)=O)[C@@H]1OC(C)=O. The van der Waals surface area contributed by atoms with Gasteiger partial charge in [0.25, 0.3) is 0 Å². The Kier molecular flexibility index (Phi) is 14.6. The number of amides is 1. The molecule has 2 aliphatic rings. The van der Waals surface area contributed by atoms with Gasteiger partial charge in [-0.1, -0.05) is 36.4 Å². The zero-order chi connectivity index (χ0) is 39.5. The molecule has 2 aromatic carbocycles. The monoisotopic (exact) mass is 759 g/mol. The van der Waals surface area contributed by atoms with E-state index in [-0.39, 0.29) is 11.1 Å². The van der Waals surface area contributed by atoms with Crippen LogP contribution in [0.25, 0.3) is 0 Å². The second-order valence-electron chi connectivity index (χ2n) is 12.2. The van der Waals surface area contributed by atoms with Gasteiger partial charge in [-0.25, -0.2) is 9.59 Å². The Balaban J connectivity index is 1.84. The van der Waals surface area contributed by atoms with Crippen molar-refractivity contribution in [2.24, 2.45) is 0 Å². The summed E-state index contributed by atoms with van der Waals surface area (Å²) < 4.78 is 51.2. The Morgan fingerprint density at radius 3 is 1.50 bits per heavy atom. The summed E-state index contributed by atoms with van der Waals surface area (Å²) in [4.78, 5) is 87.9. The summed E-state index contributed by atoms with van der Waals surface area (Å²) in [5.74, 6) is -5.85. The normalized spacial score (nSPS) is 27.7. The molecule has 0 saturated carbocycles. The highest BCUT2D eigenvalue weighted by Gasteiger charge is 2.56. The molecule has 2 aromatic rings. The van der Waals surface area contributed by atoms with E-state index in [2.05, 4.69) is 5.32 Å². The average molecular weight is 760 g/mol. The molecule has 4 rings (SSSR count). The maximum Gasteiger partial charge on any atom is 0.338 e. The fourth-order valence-corrected chi connectivity index (χ4v) is 5.75. The van der Waals surface area contributed by atoms with E-state index in [0.29, 0.717) is 0 Å². The van der Waals surface area contributed by atoms with Crippen molar-refractivity contribution in [2.75, 3.05) is 13.2 Å². The Morgan fingerprint density at radius 1 is 0.574 bits per heavy atom. The quantitative estimate of drug-likeness (QED) is 0.212. The number of aliphatic hydroxyl groups is 1. The van der Waals surface area contributed by atoms with Crippen LogP contribution in [0.5, 0.6) is 0 Å². The van der Waals surface area contributed by atoms with Gasteiger partial charge >= 0.3 is 35.8 Å². The number of rotatable bonds is 13. The molecular weight excluding hydrogens is 718 g/mol. The molecule has 0 bridgehead atoms. The maximum atomic E-state index is 13.6. The van der Waals surface area contributed by atoms with Crippen LogP contribution < -0.4 is 5.32 Å². The molecule has 0 aliphatic carbocycles. The number of hydrogen-bond donors (Lipinski definition) is 2. The summed E-state index contributed by atoms with van der Waals surface area (Å²) in [5, 5.41) is 13.8. The molecule has 54 heavy (non-hydrogen) atoms. The van der Waals surface area contributed by atoms with Crippen LogP contribution in [0, 0.1) is 0 Å². The minimum atomic E-state index is -2.00. The van der Waals surface area contributed by atoms with E-state index < -0.39 is 116 Å². The minimum Gasteiger partial charge on any atom is -0.463 e. The van der Waals surface area contributed by atoms with Crippen molar-refractivity contribution in [1.29, 1.82) is 0 Å². The van der Waals surface area contributed by atoms with E-state index in [0.717, 1.165) is 34.6 Å². The second kappa shape index (κ2) is 19.1. The first-order valence-corrected chi connectivity index (χ1v) is 16.7. The molecule has 0 spiro atoms. The van der Waals surface area contributed by atoms with Crippen molar-refractivity contribution < 1.29 is 81.3 Å². The van der Waals surface area contributed by atoms with Crippen molar-refractivity contribution >= 4 is 41.7 Å². The fraction of sp³-hybridized carbons (Fsp3) is 0.472. The Morgan fingerprint density at radius 2 is 1.04 bits per heavy atom. The zero-order valence-corrected chi connectivity index (χ0v) is 29.9. The van der Waals surface area contributed by atoms with Gasteiger partial charge in [-0.15, -0.1) is 0 Å². The Hall–Kier alpha value is -5.43. The van der Waals surface area contributed by atoms with Gasteiger partial charge in [0.2, 0.25) is 5.91 Å². The van der Waals surface area contributed by atoms with E-state index in [1.54, 1.807) is 36.4 Å². The van der Waals surface area contributed by atoms with Crippen LogP contribution in [-0.2, 0) is 66.6 Å². The summed E-state index contributed by atoms with van der Waals surface area (Å²) in [7, 11) is 0. The molecule has 0 aromatic heterocycles. The molecular formula is C36H41NO17. The fourth-order valence-electron chi connectivity index (χ4n) is 5.75. The molecule has 18 nitrogen and oxygen atoms in total. The van der Waals surface area contributed by atoms with Gasteiger partial charge in [0.05, 0.1) is 11.1 Å². The molecule has 2 fully saturated rings. The van der Waals surface area contributed by atoms with Gasteiger partial charge in [-0.05, 0) is 24.3 Å². The number of carbonyl (C=O) groups excluding carboxylic acids is 7. The number of esters is 6. The molecule has 0 radical (unpaired) electrons. The van der Waals surface area contributed by atoms with Crippen LogP contribution in [0.2, 0.25) is 0 Å². The van der Waals surface area contributed by atoms with Gasteiger partial charge in [0, 0.05) is 34.6 Å². The molecule has 2 saturated heterocycles. The van der Waals surface area contributed by atoms with Gasteiger partial charge in [-0.2, -0.15) is 0 Å². The van der Waals surface area contributed by atoms with Gasteiger partial charge in [0.1, 0.15) is 37.6 Å². The first-order valence-electron chi connectivity index (χ1n) is 16.7. The second-order valence-corrected chi connectivity index (χ2v) is 12.2. The molecule has 0 unspecified atom stereocenters. The number of carbonyl (C=O) groups is 7. The lowest BCUT2D eigenvalue weighted by Gasteiger charge is -2.48. The van der Waals surface area contributed by atoms with E-state index in [1.165, 1.54) is 24.3 Å². The molecule has 2 N–H and O–H groups in total. The standard InChI is InChI=1S/C36H41NO17/c1-18(38)37-27-30(49-22(5)42)28(48-21(4)41)26(17-47-20(3)40)51-36(27)54-29-25(16-46-19(2)39)50-35(45)32(53-34(44)24-14-10-7-11-15-24)31(29)52-33(43)23-12-8-6-9-13-23/h6-15,25-32,35-36,45H,16-17H2,1-5H3,(H,37,38)/t25-,26-,27-,28+,29-,30-,31+,32-,35-,36+/m1/s1.